The van der Waals surface area contributed by atoms with Gasteiger partial charge in [0, 0.05) is 18.2 Å². The minimum Gasteiger partial charge on any atom is -0.399 e. The van der Waals surface area contributed by atoms with Gasteiger partial charge in [0.05, 0.1) is 0 Å². The molecule has 0 aliphatic carbocycles. The van der Waals surface area contributed by atoms with Crippen LogP contribution in [0.2, 0.25) is 5.15 Å². The fourth-order valence-electron chi connectivity index (χ4n) is 1.60. The number of pyridine rings is 1. The zero-order chi connectivity index (χ0) is 12.4. The summed E-state index contributed by atoms with van der Waals surface area (Å²) in [6.45, 7) is 0. The van der Waals surface area contributed by atoms with Crippen molar-refractivity contribution >= 4 is 34.9 Å². The van der Waals surface area contributed by atoms with E-state index in [0.29, 0.717) is 24.3 Å². The highest BCUT2D eigenvalue weighted by Gasteiger charge is 2.26. The summed E-state index contributed by atoms with van der Waals surface area (Å²) >= 11 is 5.74. The van der Waals surface area contributed by atoms with E-state index in [9.17, 15) is 9.59 Å². The third-order valence-corrected chi connectivity index (χ3v) is 2.57. The molecule has 0 radical (unpaired) electrons. The van der Waals surface area contributed by atoms with Gasteiger partial charge in [-0.1, -0.05) is 11.6 Å². The Labute approximate surface area is 103 Å². The average molecular weight is 255 g/mol. The normalized spacial score (nSPS) is 19.9. The first-order valence-corrected chi connectivity index (χ1v) is 5.45. The van der Waals surface area contributed by atoms with Gasteiger partial charge in [0.25, 0.3) is 0 Å². The van der Waals surface area contributed by atoms with E-state index in [4.69, 9.17) is 17.3 Å². The lowest BCUT2D eigenvalue weighted by atomic mass is 10.1. The molecule has 1 aromatic heterocycles. The minimum absolute atomic E-state index is 0.250. The zero-order valence-electron chi connectivity index (χ0n) is 8.87. The molecule has 1 saturated heterocycles. The fourth-order valence-corrected chi connectivity index (χ4v) is 1.82. The first-order valence-electron chi connectivity index (χ1n) is 5.08. The topological polar surface area (TPSA) is 97.1 Å². The third-order valence-electron chi connectivity index (χ3n) is 2.38. The van der Waals surface area contributed by atoms with E-state index in [0.717, 1.165) is 0 Å². The molecule has 1 aliphatic rings. The first-order chi connectivity index (χ1) is 8.04. The molecule has 17 heavy (non-hydrogen) atoms. The molecule has 0 bridgehead atoms. The predicted octanol–water partition coefficient (Wildman–Crippen LogP) is 0.534. The number of aromatic nitrogens is 1. The van der Waals surface area contributed by atoms with Crippen molar-refractivity contribution in [1.82, 2.24) is 10.3 Å². The van der Waals surface area contributed by atoms with Crippen LogP contribution in [0.15, 0.2) is 12.1 Å². The maximum atomic E-state index is 11.5. The molecule has 2 rings (SSSR count). The number of halogens is 1. The minimum atomic E-state index is -0.488. The van der Waals surface area contributed by atoms with E-state index in [-0.39, 0.29) is 17.0 Å². The molecule has 0 aromatic carbocycles. The SMILES string of the molecule is Nc1cc(Cl)nc(NC2CCC(=O)NC2=O)c1. The highest BCUT2D eigenvalue weighted by molar-refractivity contribution is 6.29. The Morgan fingerprint density at radius 3 is 2.88 bits per heavy atom. The summed E-state index contributed by atoms with van der Waals surface area (Å²) in [6.07, 6.45) is 0.734. The molecule has 6 nitrogen and oxygen atoms in total. The number of rotatable bonds is 2. The van der Waals surface area contributed by atoms with Crippen LogP contribution < -0.4 is 16.4 Å². The van der Waals surface area contributed by atoms with Gasteiger partial charge in [-0.25, -0.2) is 4.98 Å². The number of nitrogens with two attached hydrogens (primary N) is 1. The number of carbonyl (C=O) groups is 2. The van der Waals surface area contributed by atoms with Crippen molar-refractivity contribution in [2.45, 2.75) is 18.9 Å². The van der Waals surface area contributed by atoms with E-state index < -0.39 is 6.04 Å². The molecule has 1 aliphatic heterocycles. The van der Waals surface area contributed by atoms with Crippen molar-refractivity contribution in [3.05, 3.63) is 17.3 Å². The van der Waals surface area contributed by atoms with Crippen LogP contribution in [-0.2, 0) is 9.59 Å². The number of imide groups is 1. The van der Waals surface area contributed by atoms with Crippen LogP contribution in [0, 0.1) is 0 Å². The monoisotopic (exact) mass is 254 g/mol. The summed E-state index contributed by atoms with van der Waals surface area (Å²) in [6, 6.07) is 2.60. The summed E-state index contributed by atoms with van der Waals surface area (Å²) in [5.74, 6) is -0.197. The maximum Gasteiger partial charge on any atom is 0.249 e. The Bertz CT molecular complexity index is 457. The molecule has 7 heteroatoms. The second-order valence-corrected chi connectivity index (χ2v) is 4.14. The van der Waals surface area contributed by atoms with Crippen LogP contribution in [0.3, 0.4) is 0 Å². The van der Waals surface area contributed by atoms with E-state index in [1.165, 1.54) is 6.07 Å². The third kappa shape index (κ3) is 2.85. The highest BCUT2D eigenvalue weighted by atomic mass is 35.5. The zero-order valence-corrected chi connectivity index (χ0v) is 9.62. The number of anilines is 2. The summed E-state index contributed by atoms with van der Waals surface area (Å²) in [5, 5.41) is 5.39. The number of piperidine rings is 1. The van der Waals surface area contributed by atoms with Gasteiger partial charge in [0.1, 0.15) is 17.0 Å². The lowest BCUT2D eigenvalue weighted by molar-refractivity contribution is -0.133. The predicted molar refractivity (Wildman–Crippen MR) is 63.5 cm³/mol. The molecule has 0 spiro atoms. The smallest absolute Gasteiger partial charge is 0.249 e. The van der Waals surface area contributed by atoms with E-state index in [2.05, 4.69) is 15.6 Å². The van der Waals surface area contributed by atoms with Crippen molar-refractivity contribution in [3.8, 4) is 0 Å². The first kappa shape index (κ1) is 11.7. The van der Waals surface area contributed by atoms with Gasteiger partial charge < -0.3 is 11.1 Å². The molecule has 2 amide bonds. The molecular formula is C10H11ClN4O2. The van der Waals surface area contributed by atoms with Crippen LogP contribution in [0.4, 0.5) is 11.5 Å². The Morgan fingerprint density at radius 2 is 2.24 bits per heavy atom. The number of nitrogens with one attached hydrogen (secondary N) is 2. The maximum absolute atomic E-state index is 11.5. The average Bonchev–Trinajstić information content (AvgIpc) is 2.21. The Kier molecular flexibility index (Phi) is 3.14. The van der Waals surface area contributed by atoms with Crippen LogP contribution >= 0.6 is 11.6 Å². The van der Waals surface area contributed by atoms with Crippen molar-refractivity contribution in [1.29, 1.82) is 0 Å². The van der Waals surface area contributed by atoms with Gasteiger partial charge in [-0.15, -0.1) is 0 Å². The van der Waals surface area contributed by atoms with Gasteiger partial charge in [-0.05, 0) is 12.5 Å². The molecule has 1 aromatic rings. The second kappa shape index (κ2) is 4.58. The molecule has 2 heterocycles. The van der Waals surface area contributed by atoms with Crippen LogP contribution in [0.25, 0.3) is 0 Å². The van der Waals surface area contributed by atoms with Crippen molar-refractivity contribution in [2.24, 2.45) is 0 Å². The van der Waals surface area contributed by atoms with E-state index in [1.807, 2.05) is 0 Å². The molecular weight excluding hydrogens is 244 g/mol. The Hall–Kier alpha value is -1.82. The molecule has 1 atom stereocenters. The van der Waals surface area contributed by atoms with Crippen molar-refractivity contribution in [3.63, 3.8) is 0 Å². The highest BCUT2D eigenvalue weighted by Crippen LogP contribution is 2.18. The molecule has 0 saturated carbocycles. The summed E-state index contributed by atoms with van der Waals surface area (Å²) in [7, 11) is 0. The Balaban J connectivity index is 2.10. The van der Waals surface area contributed by atoms with Gasteiger partial charge in [-0.2, -0.15) is 0 Å². The number of hydrogen-bond donors (Lipinski definition) is 3. The molecule has 1 fully saturated rings. The van der Waals surface area contributed by atoms with Crippen molar-refractivity contribution in [2.75, 3.05) is 11.1 Å². The van der Waals surface area contributed by atoms with Crippen LogP contribution in [-0.4, -0.2) is 22.8 Å². The number of carbonyl (C=O) groups excluding carboxylic acids is 2. The summed E-state index contributed by atoms with van der Waals surface area (Å²) in [5.41, 5.74) is 6.06. The van der Waals surface area contributed by atoms with Gasteiger partial charge >= 0.3 is 0 Å². The number of nitrogens with zero attached hydrogens (tertiary/aromatic N) is 1. The fraction of sp³-hybridized carbons (Fsp3) is 0.300. The van der Waals surface area contributed by atoms with E-state index in [1.54, 1.807) is 6.07 Å². The Morgan fingerprint density at radius 1 is 1.47 bits per heavy atom. The standard InChI is InChI=1S/C10H11ClN4O2/c11-7-3-5(12)4-8(14-7)13-6-1-2-9(16)15-10(6)17/h3-4,6H,1-2H2,(H3,12,13,14)(H,15,16,17). The van der Waals surface area contributed by atoms with Crippen molar-refractivity contribution < 1.29 is 9.59 Å². The second-order valence-electron chi connectivity index (χ2n) is 3.76. The van der Waals surface area contributed by atoms with Crippen LogP contribution in [0.5, 0.6) is 0 Å². The molecule has 1 unspecified atom stereocenters. The molecule has 4 N–H and O–H groups in total. The number of amides is 2. The quantitative estimate of drug-likeness (QED) is 0.529. The van der Waals surface area contributed by atoms with E-state index >= 15 is 0 Å². The molecule has 90 valence electrons. The summed E-state index contributed by atoms with van der Waals surface area (Å²) < 4.78 is 0. The van der Waals surface area contributed by atoms with Gasteiger partial charge in [0.15, 0.2) is 0 Å². The lowest BCUT2D eigenvalue weighted by Gasteiger charge is -2.22. The van der Waals surface area contributed by atoms with Gasteiger partial charge in [-0.3, -0.25) is 14.9 Å². The number of hydrogen-bond acceptors (Lipinski definition) is 5. The van der Waals surface area contributed by atoms with Gasteiger partial charge in [0.2, 0.25) is 11.8 Å². The van der Waals surface area contributed by atoms with Crippen LogP contribution in [0.1, 0.15) is 12.8 Å². The largest absolute Gasteiger partial charge is 0.399 e. The summed E-state index contributed by atoms with van der Waals surface area (Å²) in [4.78, 5) is 26.4. The lowest BCUT2D eigenvalue weighted by Crippen LogP contribution is -2.47. The number of nitrogen functional groups attached to an aromatic ring is 1.